The predicted molar refractivity (Wildman–Crippen MR) is 162 cm³/mol. The van der Waals surface area contributed by atoms with Crippen LogP contribution in [0.5, 0.6) is 11.5 Å². The highest BCUT2D eigenvalue weighted by Gasteiger charge is 2.56. The first-order chi connectivity index (χ1) is 21.9. The van der Waals surface area contributed by atoms with Gasteiger partial charge in [-0.3, -0.25) is 19.2 Å². The summed E-state index contributed by atoms with van der Waals surface area (Å²) in [5, 5.41) is 1.97. The summed E-state index contributed by atoms with van der Waals surface area (Å²) in [6.07, 6.45) is -4.57. The van der Waals surface area contributed by atoms with E-state index in [0.717, 1.165) is 52.3 Å². The maximum Gasteiger partial charge on any atom is 0.416 e. The van der Waals surface area contributed by atoms with Crippen molar-refractivity contribution in [2.45, 2.75) is 29.3 Å². The number of ether oxygens (including phenoxy) is 2. The third-order valence-electron chi connectivity index (χ3n) is 7.37. The van der Waals surface area contributed by atoms with Crippen LogP contribution in [0.25, 0.3) is 0 Å². The number of nitrogens with zero attached hydrogens (tertiary/aromatic N) is 1. The number of fused-ring (bicyclic) bond motifs is 2. The molecule has 0 unspecified atom stereocenters. The number of amides is 3. The van der Waals surface area contributed by atoms with Crippen molar-refractivity contribution in [3.8, 4) is 11.5 Å². The van der Waals surface area contributed by atoms with Crippen LogP contribution in [0.15, 0.2) is 76.6 Å². The van der Waals surface area contributed by atoms with E-state index in [0.29, 0.717) is 15.5 Å². The molecular formula is C31H23F4N3O6S2. The lowest BCUT2D eigenvalue weighted by atomic mass is 9.83. The fourth-order valence-corrected chi connectivity index (χ4v) is 7.96. The van der Waals surface area contributed by atoms with Crippen molar-refractivity contribution < 1.29 is 41.4 Å². The number of thiazole rings is 1. The first-order valence-electron chi connectivity index (χ1n) is 13.8. The van der Waals surface area contributed by atoms with Gasteiger partial charge in [0, 0.05) is 16.5 Å². The molecule has 0 saturated carbocycles. The van der Waals surface area contributed by atoms with Crippen LogP contribution in [0.2, 0.25) is 0 Å². The molecule has 2 aliphatic rings. The third kappa shape index (κ3) is 5.99. The monoisotopic (exact) mass is 673 g/mol. The van der Waals surface area contributed by atoms with Gasteiger partial charge in [0.2, 0.25) is 11.8 Å². The molecule has 3 atom stereocenters. The number of anilines is 2. The highest BCUT2D eigenvalue weighted by Crippen LogP contribution is 2.53. The Morgan fingerprint density at radius 3 is 2.46 bits per heavy atom. The minimum Gasteiger partial charge on any atom is -0.490 e. The Morgan fingerprint density at radius 2 is 1.74 bits per heavy atom. The Hall–Kier alpha value is -4.63. The fourth-order valence-electron chi connectivity index (χ4n) is 5.44. The molecule has 3 aromatic carbocycles. The standard InChI is InChI=1S/C31H23F4N3O6S2/c1-2-43-21-12-15(6-11-20(21)44-14-22(39)36-18-5-3-4-16(13-18)31(33,34)35)23-24-26(45-27-25(23)46-30(42)37-27)29(41)38(28(24)40)19-9-7-17(32)8-10-19/h3-13,23-24,26H,2,14H2,1H3,(H,36,39)(H,37,42)/t23-,24-,26+/m0/s1. The molecule has 15 heteroatoms. The van der Waals surface area contributed by atoms with Gasteiger partial charge in [-0.1, -0.05) is 35.2 Å². The topological polar surface area (TPSA) is 118 Å². The quantitative estimate of drug-likeness (QED) is 0.179. The van der Waals surface area contributed by atoms with E-state index in [4.69, 9.17) is 9.47 Å². The number of hydrogen-bond donors (Lipinski definition) is 2. The van der Waals surface area contributed by atoms with E-state index >= 15 is 0 Å². The number of carbonyl (C=O) groups is 3. The van der Waals surface area contributed by atoms with E-state index in [1.807, 2.05) is 0 Å². The summed E-state index contributed by atoms with van der Waals surface area (Å²) in [5.41, 5.74) is -0.204. The number of H-pyrrole nitrogens is 1. The van der Waals surface area contributed by atoms with Gasteiger partial charge < -0.3 is 19.8 Å². The minimum absolute atomic E-state index is 0.0553. The number of hydrogen-bond acceptors (Lipinski definition) is 8. The van der Waals surface area contributed by atoms with Gasteiger partial charge in [-0.25, -0.2) is 9.29 Å². The predicted octanol–water partition coefficient (Wildman–Crippen LogP) is 5.81. The van der Waals surface area contributed by atoms with Gasteiger partial charge in [0.1, 0.15) is 11.1 Å². The summed E-state index contributed by atoms with van der Waals surface area (Å²) in [6, 6.07) is 14.0. The largest absolute Gasteiger partial charge is 0.490 e. The second kappa shape index (κ2) is 12.3. The smallest absolute Gasteiger partial charge is 0.416 e. The molecule has 9 nitrogen and oxygen atoms in total. The molecule has 0 aliphatic carbocycles. The van der Waals surface area contributed by atoms with E-state index in [-0.39, 0.29) is 34.4 Å². The number of benzene rings is 3. The van der Waals surface area contributed by atoms with Crippen LogP contribution >= 0.6 is 23.1 Å². The van der Waals surface area contributed by atoms with Crippen molar-refractivity contribution in [1.82, 2.24) is 4.98 Å². The van der Waals surface area contributed by atoms with Gasteiger partial charge >= 0.3 is 11.0 Å². The first-order valence-corrected chi connectivity index (χ1v) is 15.5. The molecule has 46 heavy (non-hydrogen) atoms. The van der Waals surface area contributed by atoms with E-state index in [1.165, 1.54) is 30.3 Å². The van der Waals surface area contributed by atoms with Gasteiger partial charge in [-0.2, -0.15) is 13.2 Å². The molecule has 2 N–H and O–H groups in total. The lowest BCUT2D eigenvalue weighted by Crippen LogP contribution is -2.32. The third-order valence-corrected chi connectivity index (χ3v) is 9.77. The molecule has 1 aromatic heterocycles. The molecule has 1 fully saturated rings. The second-order valence-corrected chi connectivity index (χ2v) is 12.5. The van der Waals surface area contributed by atoms with Crippen LogP contribution in [0.4, 0.5) is 28.9 Å². The van der Waals surface area contributed by atoms with Gasteiger partial charge in [0.15, 0.2) is 18.1 Å². The highest BCUT2D eigenvalue weighted by molar-refractivity contribution is 8.00. The number of halogens is 4. The van der Waals surface area contributed by atoms with E-state index in [9.17, 15) is 36.7 Å². The number of aromatic nitrogens is 1. The molecule has 0 radical (unpaired) electrons. The molecule has 2 aliphatic heterocycles. The normalized spacial score (nSPS) is 19.1. The molecule has 1 saturated heterocycles. The molecule has 4 aromatic rings. The van der Waals surface area contributed by atoms with Gasteiger partial charge in [-0.15, -0.1) is 0 Å². The Morgan fingerprint density at radius 1 is 0.978 bits per heavy atom. The van der Waals surface area contributed by atoms with Gasteiger partial charge in [0.05, 0.1) is 28.8 Å². The van der Waals surface area contributed by atoms with Gasteiger partial charge in [0.25, 0.3) is 5.91 Å². The van der Waals surface area contributed by atoms with Crippen molar-refractivity contribution in [1.29, 1.82) is 0 Å². The van der Waals surface area contributed by atoms with E-state index < -0.39 is 59.0 Å². The number of nitrogens with one attached hydrogen (secondary N) is 2. The fraction of sp³-hybridized carbons (Fsp3) is 0.226. The first kappa shape index (κ1) is 31.4. The van der Waals surface area contributed by atoms with Crippen molar-refractivity contribution in [2.24, 2.45) is 5.92 Å². The van der Waals surface area contributed by atoms with Gasteiger partial charge in [-0.05, 0) is 67.1 Å². The Bertz CT molecular complexity index is 1890. The summed E-state index contributed by atoms with van der Waals surface area (Å²) in [4.78, 5) is 56.4. The number of carbonyl (C=O) groups excluding carboxylic acids is 3. The van der Waals surface area contributed by atoms with Crippen molar-refractivity contribution in [3.05, 3.63) is 98.2 Å². The summed E-state index contributed by atoms with van der Waals surface area (Å²) in [7, 11) is 0. The molecule has 3 amide bonds. The van der Waals surface area contributed by atoms with E-state index in [2.05, 4.69) is 10.3 Å². The van der Waals surface area contributed by atoms with Crippen molar-refractivity contribution in [2.75, 3.05) is 23.4 Å². The number of thioether (sulfide) groups is 1. The maximum atomic E-state index is 13.9. The Balaban J connectivity index is 1.28. The average molecular weight is 674 g/mol. The highest BCUT2D eigenvalue weighted by atomic mass is 32.2. The molecule has 6 rings (SSSR count). The Kier molecular flexibility index (Phi) is 8.37. The summed E-state index contributed by atoms with van der Waals surface area (Å²) in [6.45, 7) is 1.37. The summed E-state index contributed by atoms with van der Waals surface area (Å²) in [5.74, 6) is -3.51. The second-order valence-electron chi connectivity index (χ2n) is 10.3. The van der Waals surface area contributed by atoms with Crippen LogP contribution in [0.3, 0.4) is 0 Å². The lowest BCUT2D eigenvalue weighted by Gasteiger charge is -2.30. The molecule has 0 spiro atoms. The zero-order valence-corrected chi connectivity index (χ0v) is 25.4. The van der Waals surface area contributed by atoms with Crippen molar-refractivity contribution in [3.63, 3.8) is 0 Å². The number of aromatic amines is 1. The van der Waals surface area contributed by atoms with Crippen LogP contribution in [0.1, 0.15) is 28.8 Å². The Labute approximate surface area is 266 Å². The summed E-state index contributed by atoms with van der Waals surface area (Å²) < 4.78 is 64.2. The average Bonchev–Trinajstić information content (AvgIpc) is 3.50. The number of imide groups is 1. The molecule has 0 bridgehead atoms. The number of alkyl halides is 3. The van der Waals surface area contributed by atoms with Crippen LogP contribution in [-0.4, -0.2) is 41.2 Å². The zero-order valence-electron chi connectivity index (χ0n) is 23.7. The van der Waals surface area contributed by atoms with Crippen LogP contribution < -0.4 is 24.6 Å². The molecule has 3 heterocycles. The molecule has 238 valence electrons. The minimum atomic E-state index is -4.57. The summed E-state index contributed by atoms with van der Waals surface area (Å²) >= 11 is 2.02. The van der Waals surface area contributed by atoms with Crippen molar-refractivity contribution >= 4 is 52.2 Å². The van der Waals surface area contributed by atoms with Crippen LogP contribution in [-0.2, 0) is 20.6 Å². The van der Waals surface area contributed by atoms with E-state index in [1.54, 1.807) is 19.1 Å². The molecular weight excluding hydrogens is 650 g/mol. The lowest BCUT2D eigenvalue weighted by molar-refractivity contribution is -0.137. The maximum absolute atomic E-state index is 13.9. The SMILES string of the molecule is CCOc1cc([C@@H]2c3sc(=O)[nH]c3S[C@H]3C(=O)N(c4ccc(F)cc4)C(=O)[C@@H]23)ccc1OCC(=O)Nc1cccc(C(F)(F)F)c1. The number of rotatable bonds is 8. The van der Waals surface area contributed by atoms with Crippen LogP contribution in [0, 0.1) is 11.7 Å². The zero-order chi connectivity index (χ0) is 32.7.